The summed E-state index contributed by atoms with van der Waals surface area (Å²) in [6.45, 7) is 7.58. The molecule has 10 heteroatoms. The molecule has 3 heterocycles. The van der Waals surface area contributed by atoms with Crippen molar-refractivity contribution in [3.8, 4) is 23.2 Å². The Labute approximate surface area is 267 Å². The molecular formula is C36H38F2N6O2. The predicted octanol–water partition coefficient (Wildman–Crippen LogP) is 5.76. The van der Waals surface area contributed by atoms with Crippen molar-refractivity contribution < 1.29 is 18.3 Å². The molecule has 2 unspecified atom stereocenters. The first kappa shape index (κ1) is 29.3. The monoisotopic (exact) mass is 624 g/mol. The molecule has 0 radical (unpaired) electrons. The van der Waals surface area contributed by atoms with Crippen molar-refractivity contribution in [1.29, 1.82) is 5.26 Å². The quantitative estimate of drug-likeness (QED) is 0.280. The van der Waals surface area contributed by atoms with E-state index in [9.17, 15) is 14.4 Å². The molecule has 0 N–H and O–H groups in total. The number of ether oxygens (including phenoxy) is 1. The van der Waals surface area contributed by atoms with Gasteiger partial charge in [0.15, 0.2) is 11.6 Å². The van der Waals surface area contributed by atoms with Crippen LogP contribution >= 0.6 is 0 Å². The number of carbonyl (C=O) groups excluding carboxylic acids is 1. The summed E-state index contributed by atoms with van der Waals surface area (Å²) in [5.41, 5.74) is 4.29. The van der Waals surface area contributed by atoms with E-state index in [1.165, 1.54) is 28.9 Å². The van der Waals surface area contributed by atoms with E-state index in [0.29, 0.717) is 41.8 Å². The Hall–Kier alpha value is -4.10. The van der Waals surface area contributed by atoms with Gasteiger partial charge in [0.2, 0.25) is 0 Å². The van der Waals surface area contributed by atoms with Crippen molar-refractivity contribution in [2.75, 3.05) is 50.8 Å². The molecule has 238 valence electrons. The number of nitriles is 1. The Bertz CT molecular complexity index is 1780. The van der Waals surface area contributed by atoms with Crippen molar-refractivity contribution in [2.24, 2.45) is 11.3 Å². The van der Waals surface area contributed by atoms with Crippen molar-refractivity contribution >= 4 is 22.6 Å². The van der Waals surface area contributed by atoms with Gasteiger partial charge in [-0.3, -0.25) is 4.79 Å². The zero-order valence-electron chi connectivity index (χ0n) is 26.0. The fourth-order valence-electron chi connectivity index (χ4n) is 8.12. The van der Waals surface area contributed by atoms with E-state index in [2.05, 4.69) is 23.6 Å². The number of amides is 1. The van der Waals surface area contributed by atoms with Crippen LogP contribution in [0.25, 0.3) is 22.0 Å². The number of fused-ring (bicyclic) bond motifs is 4. The number of piperazine rings is 1. The summed E-state index contributed by atoms with van der Waals surface area (Å²) in [7, 11) is 0. The van der Waals surface area contributed by atoms with Crippen LogP contribution in [0.1, 0.15) is 55.6 Å². The van der Waals surface area contributed by atoms with Gasteiger partial charge in [-0.1, -0.05) is 30.8 Å². The van der Waals surface area contributed by atoms with Crippen molar-refractivity contribution in [2.45, 2.75) is 56.9 Å². The van der Waals surface area contributed by atoms with Gasteiger partial charge in [0.1, 0.15) is 11.3 Å². The zero-order valence-corrected chi connectivity index (χ0v) is 26.0. The third-order valence-electron chi connectivity index (χ3n) is 10.9. The van der Waals surface area contributed by atoms with E-state index in [-0.39, 0.29) is 36.5 Å². The topological polar surface area (TPSA) is 85.6 Å². The maximum Gasteiger partial charge on any atom is 0.319 e. The molecule has 3 aliphatic carbocycles. The second-order valence-electron chi connectivity index (χ2n) is 14.0. The van der Waals surface area contributed by atoms with Crippen LogP contribution in [-0.2, 0) is 11.2 Å². The Balaban J connectivity index is 1.17. The standard InChI is InChI=1S/C36H38F2N6O2/c1-22(37)34(45)44-16-15-43(19-25(44)9-12-39)33-28-8-7-27(26-6-4-5-23-17-24-18-29(24)30(23)26)31(38)32(28)40-35(41-33)46-21-36(10-11-36)20-42-13-2-3-14-42/h4-8,24-25,29H,1-3,9-11,13-21H2/t24?,25-,29?/m0/s1. The van der Waals surface area contributed by atoms with E-state index in [1.54, 1.807) is 0 Å². The molecule has 5 aliphatic rings. The van der Waals surface area contributed by atoms with Crippen LogP contribution in [0.5, 0.6) is 6.01 Å². The Kier molecular flexibility index (Phi) is 7.20. The normalized spacial score (nSPS) is 24.4. The highest BCUT2D eigenvalue weighted by molar-refractivity contribution is 5.95. The van der Waals surface area contributed by atoms with Gasteiger partial charge >= 0.3 is 6.01 Å². The maximum absolute atomic E-state index is 16.8. The van der Waals surface area contributed by atoms with E-state index in [4.69, 9.17) is 14.7 Å². The van der Waals surface area contributed by atoms with Crippen LogP contribution in [0.2, 0.25) is 0 Å². The molecule has 1 aromatic heterocycles. The number of hydrogen-bond donors (Lipinski definition) is 0. The Morgan fingerprint density at radius 3 is 2.70 bits per heavy atom. The first-order chi connectivity index (χ1) is 22.3. The van der Waals surface area contributed by atoms with Crippen LogP contribution < -0.4 is 9.64 Å². The molecule has 46 heavy (non-hydrogen) atoms. The van der Waals surface area contributed by atoms with Crippen LogP contribution in [0.15, 0.2) is 42.7 Å². The van der Waals surface area contributed by atoms with E-state index in [1.807, 2.05) is 29.2 Å². The number of anilines is 1. The summed E-state index contributed by atoms with van der Waals surface area (Å²) in [4.78, 5) is 27.9. The van der Waals surface area contributed by atoms with Gasteiger partial charge in [-0.15, -0.1) is 0 Å². The first-order valence-electron chi connectivity index (χ1n) is 16.6. The smallest absolute Gasteiger partial charge is 0.319 e. The van der Waals surface area contributed by atoms with Crippen molar-refractivity contribution in [1.82, 2.24) is 19.8 Å². The molecule has 0 bridgehead atoms. The molecule has 2 aliphatic heterocycles. The minimum Gasteiger partial charge on any atom is -0.463 e. The third-order valence-corrected chi connectivity index (χ3v) is 10.9. The van der Waals surface area contributed by atoms with Gasteiger partial charge in [0.05, 0.1) is 25.1 Å². The Morgan fingerprint density at radius 2 is 1.93 bits per heavy atom. The summed E-state index contributed by atoms with van der Waals surface area (Å²) >= 11 is 0. The van der Waals surface area contributed by atoms with Crippen LogP contribution in [0.3, 0.4) is 0 Å². The largest absolute Gasteiger partial charge is 0.463 e. The highest BCUT2D eigenvalue weighted by atomic mass is 19.1. The van der Waals surface area contributed by atoms with E-state index < -0.39 is 23.6 Å². The van der Waals surface area contributed by atoms with Crippen molar-refractivity contribution in [3.63, 3.8) is 0 Å². The number of nitrogens with zero attached hydrogens (tertiary/aromatic N) is 6. The maximum atomic E-state index is 16.8. The fourth-order valence-corrected chi connectivity index (χ4v) is 8.12. The fraction of sp³-hybridized carbons (Fsp3) is 0.500. The van der Waals surface area contributed by atoms with E-state index >= 15 is 4.39 Å². The SMILES string of the molecule is C=C(F)C(=O)N1CCN(c2nc(OCC3(CN4CCCC4)CC3)nc3c(F)c(-c4cccc5c4C4CC4C5)ccc23)C[C@@H]1CC#N. The molecule has 3 atom stereocenters. The highest BCUT2D eigenvalue weighted by Gasteiger charge is 2.47. The number of likely N-dealkylation sites (tertiary alicyclic amines) is 1. The molecule has 4 fully saturated rings. The Morgan fingerprint density at radius 1 is 1.11 bits per heavy atom. The summed E-state index contributed by atoms with van der Waals surface area (Å²) in [6.07, 6.45) is 6.85. The second kappa shape index (κ2) is 11.3. The molecular weight excluding hydrogens is 586 g/mol. The summed E-state index contributed by atoms with van der Waals surface area (Å²) in [5, 5.41) is 10.1. The number of aromatic nitrogens is 2. The molecule has 8 rings (SSSR count). The summed E-state index contributed by atoms with van der Waals surface area (Å²) < 4.78 is 37.0. The number of benzene rings is 2. The van der Waals surface area contributed by atoms with Gasteiger partial charge in [-0.25, -0.2) is 8.78 Å². The average Bonchev–Trinajstić information content (AvgIpc) is 3.90. The zero-order chi connectivity index (χ0) is 31.6. The number of hydrogen-bond acceptors (Lipinski definition) is 7. The van der Waals surface area contributed by atoms with Crippen molar-refractivity contribution in [3.05, 3.63) is 59.7 Å². The summed E-state index contributed by atoms with van der Waals surface area (Å²) in [5.74, 6) is -0.606. The van der Waals surface area contributed by atoms with Crippen LogP contribution in [0, 0.1) is 28.5 Å². The molecule has 0 spiro atoms. The van der Waals surface area contributed by atoms with Gasteiger partial charge in [0.25, 0.3) is 5.91 Å². The second-order valence-corrected chi connectivity index (χ2v) is 14.0. The van der Waals surface area contributed by atoms with Gasteiger partial charge in [-0.2, -0.15) is 15.2 Å². The summed E-state index contributed by atoms with van der Waals surface area (Å²) in [6, 6.07) is 11.6. The molecule has 3 aromatic rings. The van der Waals surface area contributed by atoms with Gasteiger partial charge in [0, 0.05) is 42.5 Å². The average molecular weight is 625 g/mol. The van der Waals surface area contributed by atoms with E-state index in [0.717, 1.165) is 50.9 Å². The lowest BCUT2D eigenvalue weighted by Crippen LogP contribution is -2.55. The van der Waals surface area contributed by atoms with Gasteiger partial charge in [-0.05, 0) is 86.2 Å². The van der Waals surface area contributed by atoms with Gasteiger partial charge < -0.3 is 19.4 Å². The molecule has 8 nitrogen and oxygen atoms in total. The highest BCUT2D eigenvalue weighted by Crippen LogP contribution is 2.59. The molecule has 1 amide bonds. The predicted molar refractivity (Wildman–Crippen MR) is 171 cm³/mol. The molecule has 2 aromatic carbocycles. The number of rotatable bonds is 9. The number of carbonyl (C=O) groups is 1. The lowest BCUT2D eigenvalue weighted by molar-refractivity contribution is -0.131. The molecule has 2 saturated carbocycles. The van der Waals surface area contributed by atoms with Crippen LogP contribution in [-0.4, -0.2) is 77.6 Å². The molecule has 2 saturated heterocycles. The number of halogens is 2. The minimum atomic E-state index is -1.05. The van der Waals surface area contributed by atoms with Crippen LogP contribution in [0.4, 0.5) is 14.6 Å². The lowest BCUT2D eigenvalue weighted by atomic mass is 9.93. The third kappa shape index (κ3) is 5.19. The minimum absolute atomic E-state index is 0.0146. The first-order valence-corrected chi connectivity index (χ1v) is 16.6. The lowest BCUT2D eigenvalue weighted by Gasteiger charge is -2.41.